The molecule has 0 spiro atoms. The summed E-state index contributed by atoms with van der Waals surface area (Å²) in [4.78, 5) is 22.9. The summed E-state index contributed by atoms with van der Waals surface area (Å²) in [7, 11) is 0. The fourth-order valence-corrected chi connectivity index (χ4v) is 4.06. The van der Waals surface area contributed by atoms with E-state index in [1.165, 1.54) is 6.08 Å². The molecule has 0 aromatic heterocycles. The van der Waals surface area contributed by atoms with Crippen LogP contribution in [0.4, 0.5) is 17.1 Å². The van der Waals surface area contributed by atoms with Gasteiger partial charge in [-0.1, -0.05) is 36.9 Å². The maximum atomic E-state index is 11.7. The lowest BCUT2D eigenvalue weighted by molar-refractivity contribution is -0.111. The number of rotatable bonds is 9. The molecule has 1 aliphatic heterocycles. The lowest BCUT2D eigenvalue weighted by atomic mass is 9.91. The Morgan fingerprint density at radius 1 is 1.17 bits per heavy atom. The molecule has 2 aliphatic rings. The largest absolute Gasteiger partial charge is 0.395 e. The number of likely N-dealkylation sites (tertiary alicyclic amines) is 1. The van der Waals surface area contributed by atoms with Crippen molar-refractivity contribution in [3.05, 3.63) is 96.8 Å². The highest BCUT2D eigenvalue weighted by molar-refractivity contribution is 6.34. The lowest BCUT2D eigenvalue weighted by Crippen LogP contribution is -2.55. The highest BCUT2D eigenvalue weighted by Crippen LogP contribution is 2.30. The van der Waals surface area contributed by atoms with E-state index in [4.69, 9.17) is 10.1 Å². The summed E-state index contributed by atoms with van der Waals surface area (Å²) in [5.74, 6) is -0.262. The van der Waals surface area contributed by atoms with Gasteiger partial charge in [0.1, 0.15) is 0 Å². The molecule has 4 rings (SSSR count). The van der Waals surface area contributed by atoms with E-state index in [2.05, 4.69) is 33.8 Å². The van der Waals surface area contributed by atoms with Gasteiger partial charge in [0.15, 0.2) is 0 Å². The average molecular weight is 468 g/mol. The second-order valence-corrected chi connectivity index (χ2v) is 8.31. The highest BCUT2D eigenvalue weighted by atomic mass is 16.3. The molecule has 7 heteroatoms. The normalized spacial score (nSPS) is 18.1. The van der Waals surface area contributed by atoms with E-state index in [9.17, 15) is 4.79 Å². The van der Waals surface area contributed by atoms with Gasteiger partial charge in [-0.3, -0.25) is 14.7 Å². The number of nitrogens with zero attached hydrogens (tertiary/aromatic N) is 3. The number of anilines is 2. The maximum Gasteiger partial charge on any atom is 0.247 e. The van der Waals surface area contributed by atoms with Crippen molar-refractivity contribution in [1.82, 2.24) is 4.90 Å². The predicted molar refractivity (Wildman–Crippen MR) is 144 cm³/mol. The van der Waals surface area contributed by atoms with Crippen LogP contribution >= 0.6 is 0 Å². The van der Waals surface area contributed by atoms with Crippen LogP contribution in [0.5, 0.6) is 0 Å². The monoisotopic (exact) mass is 467 g/mol. The molecule has 35 heavy (non-hydrogen) atoms. The maximum absolute atomic E-state index is 11.7. The third-order valence-electron chi connectivity index (χ3n) is 5.78. The van der Waals surface area contributed by atoms with Gasteiger partial charge in [0.2, 0.25) is 5.91 Å². The number of amides is 1. The zero-order valence-electron chi connectivity index (χ0n) is 19.5. The van der Waals surface area contributed by atoms with Crippen LogP contribution in [0, 0.1) is 0 Å². The summed E-state index contributed by atoms with van der Waals surface area (Å²) < 4.78 is 0. The Labute approximate surface area is 205 Å². The van der Waals surface area contributed by atoms with E-state index in [0.29, 0.717) is 11.7 Å². The Hall–Kier alpha value is -4.07. The number of β-amino-alcohol motifs (C(OH)–C–C–N with tert-alkyl or cyclic N) is 1. The first-order valence-corrected chi connectivity index (χ1v) is 11.5. The fraction of sp³-hybridized carbons (Fsp3) is 0.179. The van der Waals surface area contributed by atoms with Gasteiger partial charge in [-0.05, 0) is 54.8 Å². The molecule has 3 N–H and O–H groups in total. The average Bonchev–Trinajstić information content (AvgIpc) is 2.85. The molecule has 0 unspecified atom stereocenters. The van der Waals surface area contributed by atoms with E-state index >= 15 is 0 Å². The van der Waals surface area contributed by atoms with Crippen molar-refractivity contribution < 1.29 is 9.90 Å². The van der Waals surface area contributed by atoms with Crippen LogP contribution in [-0.2, 0) is 4.79 Å². The van der Waals surface area contributed by atoms with E-state index in [-0.39, 0.29) is 12.5 Å². The lowest BCUT2D eigenvalue weighted by Gasteiger charge is -2.39. The van der Waals surface area contributed by atoms with E-state index in [1.807, 2.05) is 66.8 Å². The first-order chi connectivity index (χ1) is 17.1. The standard InChI is InChI=1S/C28H29N5O2/c1-3-27(35)31-24-8-4-6-20(16-24)26-9-5-7-21(17-29-2)28(26)32-23-12-10-22(11-13-23)30-25-18-33(19-25)14-15-34/h3-13,16-17,25,30,34H,1-2,14-15,18-19H2,(H,31,35)/b21-17-,32-28+. The fourth-order valence-electron chi connectivity index (χ4n) is 4.06. The van der Waals surface area contributed by atoms with Gasteiger partial charge in [0.25, 0.3) is 0 Å². The van der Waals surface area contributed by atoms with Crippen LogP contribution in [0.3, 0.4) is 0 Å². The van der Waals surface area contributed by atoms with Gasteiger partial charge in [-0.15, -0.1) is 0 Å². The quantitative estimate of drug-likeness (QED) is 0.381. The topological polar surface area (TPSA) is 89.3 Å². The van der Waals surface area contributed by atoms with Crippen LogP contribution in [0.25, 0.3) is 5.57 Å². The number of carbonyl (C=O) groups excluding carboxylic acids is 1. The number of benzene rings is 2. The molecule has 1 heterocycles. The summed E-state index contributed by atoms with van der Waals surface area (Å²) in [5.41, 5.74) is 5.98. The first-order valence-electron chi connectivity index (χ1n) is 11.5. The molecule has 2 aromatic carbocycles. The zero-order chi connectivity index (χ0) is 24.6. The minimum atomic E-state index is -0.262. The van der Waals surface area contributed by atoms with Crippen molar-refractivity contribution in [1.29, 1.82) is 0 Å². The molecule has 2 aromatic rings. The SMILES string of the molecule is C=CC(=O)Nc1cccc(C2=CC=CC(=C/N=C)/C2=N\c2ccc(NC3CN(CCO)C3)cc2)c1. The molecular formula is C28H29N5O2. The van der Waals surface area contributed by atoms with Crippen LogP contribution in [0.2, 0.25) is 0 Å². The molecule has 0 radical (unpaired) electrons. The molecule has 7 nitrogen and oxygen atoms in total. The summed E-state index contributed by atoms with van der Waals surface area (Å²) >= 11 is 0. The smallest absolute Gasteiger partial charge is 0.247 e. The second kappa shape index (κ2) is 11.4. The van der Waals surface area contributed by atoms with E-state index < -0.39 is 0 Å². The van der Waals surface area contributed by atoms with Crippen LogP contribution in [-0.4, -0.2) is 60.6 Å². The molecule has 178 valence electrons. The van der Waals surface area contributed by atoms with E-state index in [1.54, 1.807) is 6.20 Å². The first kappa shape index (κ1) is 24.1. The van der Waals surface area contributed by atoms with Crippen molar-refractivity contribution in [3.63, 3.8) is 0 Å². The van der Waals surface area contributed by atoms with Crippen LogP contribution in [0.15, 0.2) is 101 Å². The summed E-state index contributed by atoms with van der Waals surface area (Å²) in [6, 6.07) is 16.0. The Kier molecular flexibility index (Phi) is 7.82. The van der Waals surface area contributed by atoms with Crippen molar-refractivity contribution in [2.75, 3.05) is 36.9 Å². The number of hydrogen-bond donors (Lipinski definition) is 3. The minimum Gasteiger partial charge on any atom is -0.395 e. The number of carbonyl (C=O) groups is 1. The van der Waals surface area contributed by atoms with Crippen LogP contribution in [0.1, 0.15) is 5.56 Å². The summed E-state index contributed by atoms with van der Waals surface area (Å²) in [6.07, 6.45) is 8.83. The molecule has 1 amide bonds. The number of aliphatic imine (C=N–C) groups is 2. The van der Waals surface area contributed by atoms with Crippen molar-refractivity contribution in [3.8, 4) is 0 Å². The molecule has 1 saturated heterocycles. The Bertz CT molecular complexity index is 1220. The number of hydrogen-bond acceptors (Lipinski definition) is 6. The number of aliphatic hydroxyl groups excluding tert-OH is 1. The second-order valence-electron chi connectivity index (χ2n) is 8.31. The third-order valence-corrected chi connectivity index (χ3v) is 5.78. The minimum absolute atomic E-state index is 0.193. The number of nitrogens with one attached hydrogen (secondary N) is 2. The predicted octanol–water partition coefficient (Wildman–Crippen LogP) is 4.21. The summed E-state index contributed by atoms with van der Waals surface area (Å²) in [6.45, 7) is 9.89. The molecule has 0 atom stereocenters. The summed E-state index contributed by atoms with van der Waals surface area (Å²) in [5, 5.41) is 15.4. The van der Waals surface area contributed by atoms with Gasteiger partial charge in [-0.25, -0.2) is 4.99 Å². The molecule has 1 aliphatic carbocycles. The van der Waals surface area contributed by atoms with Crippen LogP contribution < -0.4 is 10.6 Å². The van der Waals surface area contributed by atoms with Gasteiger partial charge in [0.05, 0.1) is 24.0 Å². The Balaban J connectivity index is 1.57. The number of aliphatic hydroxyl groups is 1. The van der Waals surface area contributed by atoms with Gasteiger partial charge in [0, 0.05) is 48.4 Å². The Morgan fingerprint density at radius 2 is 1.97 bits per heavy atom. The molecule has 0 bridgehead atoms. The van der Waals surface area contributed by atoms with E-state index in [0.717, 1.165) is 53.4 Å². The van der Waals surface area contributed by atoms with Crippen molar-refractivity contribution >= 4 is 41.0 Å². The van der Waals surface area contributed by atoms with Crippen molar-refractivity contribution in [2.45, 2.75) is 6.04 Å². The van der Waals surface area contributed by atoms with Crippen molar-refractivity contribution in [2.24, 2.45) is 9.98 Å². The Morgan fingerprint density at radius 3 is 2.69 bits per heavy atom. The van der Waals surface area contributed by atoms with Gasteiger partial charge >= 0.3 is 0 Å². The molecular weight excluding hydrogens is 438 g/mol. The molecule has 0 saturated carbocycles. The third kappa shape index (κ3) is 6.09. The highest BCUT2D eigenvalue weighted by Gasteiger charge is 2.25. The molecule has 1 fully saturated rings. The number of allylic oxidation sites excluding steroid dienone is 5. The van der Waals surface area contributed by atoms with Gasteiger partial charge in [-0.2, -0.15) is 0 Å². The van der Waals surface area contributed by atoms with Gasteiger partial charge < -0.3 is 15.7 Å². The zero-order valence-corrected chi connectivity index (χ0v) is 19.5.